The van der Waals surface area contributed by atoms with Gasteiger partial charge in [-0.1, -0.05) is 42.6 Å². The molecule has 1 aliphatic rings. The van der Waals surface area contributed by atoms with Crippen LogP contribution in [0.3, 0.4) is 0 Å². The maximum Gasteiger partial charge on any atom is 0.264 e. The summed E-state index contributed by atoms with van der Waals surface area (Å²) >= 11 is 1.59. The molecule has 0 N–H and O–H groups in total. The van der Waals surface area contributed by atoms with Gasteiger partial charge in [-0.3, -0.25) is 0 Å². The maximum absolute atomic E-state index is 5.77. The Morgan fingerprint density at radius 3 is 2.67 bits per heavy atom. The SMILES string of the molecule is c1csc(-c2noc(COc3ccc(C4CCCCC4)cc3)n2)c1. The van der Waals surface area contributed by atoms with Gasteiger partial charge in [0, 0.05) is 0 Å². The fraction of sp³-hybridized carbons (Fsp3) is 0.368. The summed E-state index contributed by atoms with van der Waals surface area (Å²) in [4.78, 5) is 5.37. The first-order valence-electron chi connectivity index (χ1n) is 8.48. The molecule has 0 spiro atoms. The molecule has 4 nitrogen and oxygen atoms in total. The van der Waals surface area contributed by atoms with Crippen molar-refractivity contribution in [2.24, 2.45) is 0 Å². The summed E-state index contributed by atoms with van der Waals surface area (Å²) in [6.07, 6.45) is 6.72. The highest BCUT2D eigenvalue weighted by Crippen LogP contribution is 2.33. The molecule has 24 heavy (non-hydrogen) atoms. The van der Waals surface area contributed by atoms with Gasteiger partial charge in [-0.2, -0.15) is 4.98 Å². The number of benzene rings is 1. The first-order valence-corrected chi connectivity index (χ1v) is 9.36. The molecule has 5 heteroatoms. The van der Waals surface area contributed by atoms with Crippen LogP contribution in [-0.4, -0.2) is 10.1 Å². The number of thiophene rings is 1. The Balaban J connectivity index is 1.36. The summed E-state index contributed by atoms with van der Waals surface area (Å²) in [5, 5.41) is 5.99. The number of nitrogens with zero attached hydrogens (tertiary/aromatic N) is 2. The van der Waals surface area contributed by atoms with Crippen molar-refractivity contribution < 1.29 is 9.26 Å². The largest absolute Gasteiger partial charge is 0.484 e. The van der Waals surface area contributed by atoms with Gasteiger partial charge in [-0.25, -0.2) is 0 Å². The molecular weight excluding hydrogens is 320 g/mol. The van der Waals surface area contributed by atoms with Gasteiger partial charge >= 0.3 is 0 Å². The van der Waals surface area contributed by atoms with Crippen molar-refractivity contribution in [2.45, 2.75) is 44.6 Å². The molecule has 1 saturated carbocycles. The first kappa shape index (κ1) is 15.4. The molecule has 0 amide bonds. The molecule has 124 valence electrons. The number of aromatic nitrogens is 2. The van der Waals surface area contributed by atoms with Gasteiger partial charge in [0.2, 0.25) is 5.82 Å². The van der Waals surface area contributed by atoms with Gasteiger partial charge in [0.25, 0.3) is 5.89 Å². The van der Waals surface area contributed by atoms with E-state index in [0.717, 1.165) is 16.5 Å². The Kier molecular flexibility index (Phi) is 4.60. The van der Waals surface area contributed by atoms with Crippen LogP contribution in [-0.2, 0) is 6.61 Å². The molecule has 0 atom stereocenters. The molecule has 2 aromatic heterocycles. The number of ether oxygens (including phenoxy) is 1. The fourth-order valence-electron chi connectivity index (χ4n) is 3.24. The Labute approximate surface area is 145 Å². The number of hydrogen-bond acceptors (Lipinski definition) is 5. The minimum atomic E-state index is 0.293. The van der Waals surface area contributed by atoms with Crippen molar-refractivity contribution in [3.63, 3.8) is 0 Å². The van der Waals surface area contributed by atoms with E-state index in [2.05, 4.69) is 22.3 Å². The molecule has 3 aromatic rings. The average Bonchev–Trinajstić information content (AvgIpc) is 3.33. The molecule has 0 bridgehead atoms. The van der Waals surface area contributed by atoms with Crippen molar-refractivity contribution >= 4 is 11.3 Å². The molecule has 1 aliphatic carbocycles. The molecule has 0 radical (unpaired) electrons. The summed E-state index contributed by atoms with van der Waals surface area (Å²) < 4.78 is 11.0. The minimum absolute atomic E-state index is 0.293. The van der Waals surface area contributed by atoms with Crippen molar-refractivity contribution in [2.75, 3.05) is 0 Å². The van der Waals surface area contributed by atoms with Crippen molar-refractivity contribution in [3.05, 3.63) is 53.2 Å². The predicted octanol–water partition coefficient (Wildman–Crippen LogP) is 5.42. The van der Waals surface area contributed by atoms with E-state index in [0.29, 0.717) is 18.3 Å². The van der Waals surface area contributed by atoms with Gasteiger partial charge in [0.05, 0.1) is 4.88 Å². The van der Waals surface area contributed by atoms with Gasteiger partial charge < -0.3 is 9.26 Å². The third kappa shape index (κ3) is 3.51. The lowest BCUT2D eigenvalue weighted by Gasteiger charge is -2.22. The molecule has 2 heterocycles. The van der Waals surface area contributed by atoms with Gasteiger partial charge in [0.15, 0.2) is 6.61 Å². The number of hydrogen-bond donors (Lipinski definition) is 0. The lowest BCUT2D eigenvalue weighted by molar-refractivity contribution is 0.243. The summed E-state index contributed by atoms with van der Waals surface area (Å²) in [6, 6.07) is 12.4. The lowest BCUT2D eigenvalue weighted by Crippen LogP contribution is -2.04. The Bertz CT molecular complexity index is 759. The van der Waals surface area contributed by atoms with E-state index >= 15 is 0 Å². The van der Waals surface area contributed by atoms with Crippen LogP contribution in [0.1, 0.15) is 49.5 Å². The van der Waals surface area contributed by atoms with Crippen LogP contribution in [0.2, 0.25) is 0 Å². The third-order valence-corrected chi connectivity index (χ3v) is 5.39. The highest BCUT2D eigenvalue weighted by Gasteiger charge is 2.15. The molecule has 1 aromatic carbocycles. The topological polar surface area (TPSA) is 48.2 Å². The van der Waals surface area contributed by atoms with Gasteiger partial charge in [0.1, 0.15) is 5.75 Å². The molecule has 0 aliphatic heterocycles. The van der Waals surface area contributed by atoms with Gasteiger partial charge in [-0.15, -0.1) is 11.3 Å². The first-order chi connectivity index (χ1) is 11.9. The maximum atomic E-state index is 5.77. The quantitative estimate of drug-likeness (QED) is 0.622. The van der Waals surface area contributed by atoms with E-state index in [1.54, 1.807) is 11.3 Å². The summed E-state index contributed by atoms with van der Waals surface area (Å²) in [5.74, 6) is 2.67. The van der Waals surface area contributed by atoms with E-state index in [4.69, 9.17) is 9.26 Å². The minimum Gasteiger partial charge on any atom is -0.484 e. The third-order valence-electron chi connectivity index (χ3n) is 4.53. The Morgan fingerprint density at radius 2 is 1.92 bits per heavy atom. The van der Waals surface area contributed by atoms with E-state index in [9.17, 15) is 0 Å². The molecule has 4 rings (SSSR count). The fourth-order valence-corrected chi connectivity index (χ4v) is 3.89. The van der Waals surface area contributed by atoms with Crippen molar-refractivity contribution in [3.8, 4) is 16.5 Å². The van der Waals surface area contributed by atoms with E-state index in [1.165, 1.54) is 37.7 Å². The lowest BCUT2D eigenvalue weighted by atomic mass is 9.84. The molecule has 1 fully saturated rings. The zero-order valence-corrected chi connectivity index (χ0v) is 14.3. The van der Waals surface area contributed by atoms with E-state index in [-0.39, 0.29) is 0 Å². The van der Waals surface area contributed by atoms with Crippen LogP contribution in [0.25, 0.3) is 10.7 Å². The zero-order chi connectivity index (χ0) is 16.2. The highest BCUT2D eigenvalue weighted by atomic mass is 32.1. The van der Waals surface area contributed by atoms with Crippen LogP contribution in [0.15, 0.2) is 46.3 Å². The van der Waals surface area contributed by atoms with E-state index < -0.39 is 0 Å². The van der Waals surface area contributed by atoms with Gasteiger partial charge in [-0.05, 0) is 47.9 Å². The zero-order valence-electron chi connectivity index (χ0n) is 13.5. The Hall–Kier alpha value is -2.14. The van der Waals surface area contributed by atoms with Crippen LogP contribution >= 0.6 is 11.3 Å². The van der Waals surface area contributed by atoms with Crippen LogP contribution in [0.5, 0.6) is 5.75 Å². The normalized spacial score (nSPS) is 15.5. The van der Waals surface area contributed by atoms with Crippen molar-refractivity contribution in [1.29, 1.82) is 0 Å². The standard InChI is InChI=1S/C19H20N2O2S/c1-2-5-14(6-3-1)15-8-10-16(11-9-15)22-13-18-20-19(21-23-18)17-7-4-12-24-17/h4,7-12,14H,1-3,5-6,13H2. The highest BCUT2D eigenvalue weighted by molar-refractivity contribution is 7.13. The summed E-state index contributed by atoms with van der Waals surface area (Å²) in [7, 11) is 0. The molecular formula is C19H20N2O2S. The predicted molar refractivity (Wildman–Crippen MR) is 94.2 cm³/mol. The second-order valence-electron chi connectivity index (χ2n) is 6.18. The average molecular weight is 340 g/mol. The molecule has 0 unspecified atom stereocenters. The second-order valence-corrected chi connectivity index (χ2v) is 7.13. The summed E-state index contributed by atoms with van der Waals surface area (Å²) in [5.41, 5.74) is 1.43. The van der Waals surface area contributed by atoms with Crippen molar-refractivity contribution in [1.82, 2.24) is 10.1 Å². The Morgan fingerprint density at radius 1 is 1.08 bits per heavy atom. The monoisotopic (exact) mass is 340 g/mol. The van der Waals surface area contributed by atoms with Crippen LogP contribution in [0, 0.1) is 0 Å². The number of rotatable bonds is 5. The summed E-state index contributed by atoms with van der Waals surface area (Å²) in [6.45, 7) is 0.293. The molecule has 0 saturated heterocycles. The smallest absolute Gasteiger partial charge is 0.264 e. The van der Waals surface area contributed by atoms with Crippen LogP contribution in [0.4, 0.5) is 0 Å². The van der Waals surface area contributed by atoms with E-state index in [1.807, 2.05) is 29.6 Å². The van der Waals surface area contributed by atoms with Crippen LogP contribution < -0.4 is 4.74 Å². The second kappa shape index (κ2) is 7.18.